The van der Waals surface area contributed by atoms with E-state index < -0.39 is 0 Å². The summed E-state index contributed by atoms with van der Waals surface area (Å²) >= 11 is 0. The number of aromatic nitrogens is 2. The van der Waals surface area contributed by atoms with E-state index in [9.17, 15) is 4.79 Å². The lowest BCUT2D eigenvalue weighted by molar-refractivity contribution is 0.0958. The standard InChI is InChI=1S/C13H13N3O2/c1-3-8-14-12(17)10-4-6-11(7-5-10)13-16-15-9(2)18-13/h3-7H,1,8H2,2H3,(H,14,17). The average molecular weight is 243 g/mol. The SMILES string of the molecule is C=CCNC(=O)c1ccc(-c2nnc(C)o2)cc1. The molecular weight excluding hydrogens is 230 g/mol. The second-order valence-electron chi connectivity index (χ2n) is 3.70. The molecule has 1 N–H and O–H groups in total. The predicted molar refractivity (Wildman–Crippen MR) is 67.0 cm³/mol. The number of nitrogens with zero attached hydrogens (tertiary/aromatic N) is 2. The van der Waals surface area contributed by atoms with Gasteiger partial charge in [-0.3, -0.25) is 4.79 Å². The van der Waals surface area contributed by atoms with E-state index in [-0.39, 0.29) is 5.91 Å². The highest BCUT2D eigenvalue weighted by Crippen LogP contribution is 2.17. The second-order valence-corrected chi connectivity index (χ2v) is 3.70. The van der Waals surface area contributed by atoms with Gasteiger partial charge >= 0.3 is 0 Å². The molecule has 0 radical (unpaired) electrons. The van der Waals surface area contributed by atoms with Crippen LogP contribution in [0.3, 0.4) is 0 Å². The average Bonchev–Trinajstić information content (AvgIpc) is 2.83. The van der Waals surface area contributed by atoms with Crippen LogP contribution in [0.1, 0.15) is 16.2 Å². The van der Waals surface area contributed by atoms with Gasteiger partial charge in [-0.1, -0.05) is 6.08 Å². The summed E-state index contributed by atoms with van der Waals surface area (Å²) in [4.78, 5) is 11.6. The highest BCUT2D eigenvalue weighted by molar-refractivity contribution is 5.94. The van der Waals surface area contributed by atoms with Crippen molar-refractivity contribution in [1.29, 1.82) is 0 Å². The molecule has 0 aliphatic carbocycles. The van der Waals surface area contributed by atoms with Crippen LogP contribution in [0.25, 0.3) is 11.5 Å². The maximum absolute atomic E-state index is 11.6. The van der Waals surface area contributed by atoms with E-state index in [2.05, 4.69) is 22.1 Å². The molecule has 18 heavy (non-hydrogen) atoms. The molecule has 1 aromatic carbocycles. The predicted octanol–water partition coefficient (Wildman–Crippen LogP) is 1.96. The number of carbonyl (C=O) groups excluding carboxylic acids is 1. The third kappa shape index (κ3) is 2.63. The minimum Gasteiger partial charge on any atom is -0.421 e. The highest BCUT2D eigenvalue weighted by Gasteiger charge is 2.08. The van der Waals surface area contributed by atoms with Crippen molar-refractivity contribution >= 4 is 5.91 Å². The number of hydrogen-bond acceptors (Lipinski definition) is 4. The molecule has 0 aliphatic rings. The van der Waals surface area contributed by atoms with Crippen LogP contribution in [0.2, 0.25) is 0 Å². The van der Waals surface area contributed by atoms with Crippen molar-refractivity contribution in [2.45, 2.75) is 6.92 Å². The molecule has 0 atom stereocenters. The van der Waals surface area contributed by atoms with Gasteiger partial charge in [-0.25, -0.2) is 0 Å². The molecule has 0 saturated carbocycles. The fraction of sp³-hybridized carbons (Fsp3) is 0.154. The first-order valence-corrected chi connectivity index (χ1v) is 5.50. The minimum absolute atomic E-state index is 0.136. The molecule has 92 valence electrons. The number of aryl methyl sites for hydroxylation is 1. The van der Waals surface area contributed by atoms with Gasteiger partial charge in [-0.15, -0.1) is 16.8 Å². The van der Waals surface area contributed by atoms with E-state index in [4.69, 9.17) is 4.42 Å². The van der Waals surface area contributed by atoms with Gasteiger partial charge in [0, 0.05) is 24.6 Å². The largest absolute Gasteiger partial charge is 0.421 e. The van der Waals surface area contributed by atoms with Crippen molar-refractivity contribution in [3.05, 3.63) is 48.4 Å². The number of rotatable bonds is 4. The number of hydrogen-bond donors (Lipinski definition) is 1. The van der Waals surface area contributed by atoms with Crippen molar-refractivity contribution in [3.8, 4) is 11.5 Å². The molecule has 0 saturated heterocycles. The van der Waals surface area contributed by atoms with Gasteiger partial charge in [-0.2, -0.15) is 0 Å². The summed E-state index contributed by atoms with van der Waals surface area (Å²) in [6.45, 7) is 5.72. The fourth-order valence-electron chi connectivity index (χ4n) is 1.44. The minimum atomic E-state index is -0.136. The molecule has 0 bridgehead atoms. The van der Waals surface area contributed by atoms with E-state index in [0.717, 1.165) is 5.56 Å². The molecule has 1 amide bonds. The van der Waals surface area contributed by atoms with Crippen LogP contribution in [0, 0.1) is 6.92 Å². The van der Waals surface area contributed by atoms with Gasteiger partial charge in [0.25, 0.3) is 5.91 Å². The lowest BCUT2D eigenvalue weighted by Crippen LogP contribution is -2.22. The van der Waals surface area contributed by atoms with Crippen LogP contribution >= 0.6 is 0 Å². The van der Waals surface area contributed by atoms with Crippen molar-refractivity contribution in [2.75, 3.05) is 6.54 Å². The monoisotopic (exact) mass is 243 g/mol. The van der Waals surface area contributed by atoms with Crippen LogP contribution in [-0.2, 0) is 0 Å². The zero-order valence-electron chi connectivity index (χ0n) is 10.0. The molecule has 5 nitrogen and oxygen atoms in total. The molecule has 1 heterocycles. The van der Waals surface area contributed by atoms with Gasteiger partial charge in [0.05, 0.1) is 0 Å². The zero-order valence-corrected chi connectivity index (χ0v) is 10.0. The Morgan fingerprint density at radius 1 is 1.39 bits per heavy atom. The molecule has 0 aliphatic heterocycles. The number of amides is 1. The maximum Gasteiger partial charge on any atom is 0.251 e. The molecule has 1 aromatic heterocycles. The Morgan fingerprint density at radius 2 is 2.11 bits per heavy atom. The van der Waals surface area contributed by atoms with Crippen molar-refractivity contribution in [1.82, 2.24) is 15.5 Å². The third-order valence-electron chi connectivity index (χ3n) is 2.33. The van der Waals surface area contributed by atoms with E-state index in [1.807, 2.05) is 0 Å². The molecule has 2 rings (SSSR count). The van der Waals surface area contributed by atoms with Crippen LogP contribution < -0.4 is 5.32 Å². The number of benzene rings is 1. The fourth-order valence-corrected chi connectivity index (χ4v) is 1.44. The molecule has 0 fully saturated rings. The van der Waals surface area contributed by atoms with Gasteiger partial charge < -0.3 is 9.73 Å². The van der Waals surface area contributed by atoms with Gasteiger partial charge in [0.2, 0.25) is 11.8 Å². The normalized spacial score (nSPS) is 10.1. The van der Waals surface area contributed by atoms with Crippen molar-refractivity contribution in [2.24, 2.45) is 0 Å². The van der Waals surface area contributed by atoms with E-state index >= 15 is 0 Å². The first-order valence-electron chi connectivity index (χ1n) is 5.50. The third-order valence-corrected chi connectivity index (χ3v) is 2.33. The second kappa shape index (κ2) is 5.27. The summed E-state index contributed by atoms with van der Waals surface area (Å²) in [5.74, 6) is 0.825. The van der Waals surface area contributed by atoms with Gasteiger partial charge in [0.1, 0.15) is 0 Å². The summed E-state index contributed by atoms with van der Waals surface area (Å²) in [6, 6.07) is 6.98. The first kappa shape index (κ1) is 12.0. The summed E-state index contributed by atoms with van der Waals surface area (Å²) in [7, 11) is 0. The lowest BCUT2D eigenvalue weighted by atomic mass is 10.1. The summed E-state index contributed by atoms with van der Waals surface area (Å²) in [5.41, 5.74) is 1.37. The van der Waals surface area contributed by atoms with Crippen molar-refractivity contribution in [3.63, 3.8) is 0 Å². The molecular formula is C13H13N3O2. The Hall–Kier alpha value is -2.43. The molecule has 5 heteroatoms. The molecule has 0 spiro atoms. The Labute approximate surface area is 105 Å². The maximum atomic E-state index is 11.6. The quantitative estimate of drug-likeness (QED) is 0.833. The van der Waals surface area contributed by atoms with E-state index in [1.54, 1.807) is 37.3 Å². The van der Waals surface area contributed by atoms with E-state index in [1.165, 1.54) is 0 Å². The Kier molecular flexibility index (Phi) is 3.52. The van der Waals surface area contributed by atoms with Gasteiger partial charge in [-0.05, 0) is 24.3 Å². The smallest absolute Gasteiger partial charge is 0.251 e. The topological polar surface area (TPSA) is 68.0 Å². The van der Waals surface area contributed by atoms with Crippen LogP contribution in [-0.4, -0.2) is 22.6 Å². The van der Waals surface area contributed by atoms with Gasteiger partial charge in [0.15, 0.2) is 0 Å². The summed E-state index contributed by atoms with van der Waals surface area (Å²) in [6.07, 6.45) is 1.63. The Morgan fingerprint density at radius 3 is 2.67 bits per heavy atom. The molecule has 2 aromatic rings. The summed E-state index contributed by atoms with van der Waals surface area (Å²) < 4.78 is 5.30. The van der Waals surface area contributed by atoms with Crippen LogP contribution in [0.5, 0.6) is 0 Å². The first-order chi connectivity index (χ1) is 8.70. The van der Waals surface area contributed by atoms with Crippen LogP contribution in [0.15, 0.2) is 41.3 Å². The van der Waals surface area contributed by atoms with Crippen LogP contribution in [0.4, 0.5) is 0 Å². The highest BCUT2D eigenvalue weighted by atomic mass is 16.4. The lowest BCUT2D eigenvalue weighted by Gasteiger charge is -2.02. The van der Waals surface area contributed by atoms with Crippen molar-refractivity contribution < 1.29 is 9.21 Å². The number of nitrogens with one attached hydrogen (secondary N) is 1. The van der Waals surface area contributed by atoms with E-state index in [0.29, 0.717) is 23.9 Å². The Bertz CT molecular complexity index is 558. The zero-order chi connectivity index (χ0) is 13.0. The Balaban J connectivity index is 2.15. The summed E-state index contributed by atoms with van der Waals surface area (Å²) in [5, 5.41) is 10.4. The molecule has 0 unspecified atom stereocenters. The number of carbonyl (C=O) groups is 1.